The van der Waals surface area contributed by atoms with Crippen LogP contribution in [0.2, 0.25) is 6.32 Å². The number of allylic oxidation sites excluding steroid dienone is 2. The Kier molecular flexibility index (Phi) is 5.86. The monoisotopic (exact) mass is 459 g/mol. The summed E-state index contributed by atoms with van der Waals surface area (Å²) in [5.41, 5.74) is 4.42. The fourth-order valence-corrected chi connectivity index (χ4v) is 6.21. The molecule has 2 saturated heterocycles. The molecular weight excluding hydrogens is 429 g/mol. The van der Waals surface area contributed by atoms with Crippen LogP contribution in [0.1, 0.15) is 38.7 Å². The maximum absolute atomic E-state index is 12.9. The smallest absolute Gasteiger partial charge is 0.455 e. The van der Waals surface area contributed by atoms with Gasteiger partial charge in [-0.3, -0.25) is 14.5 Å². The molecule has 2 fully saturated rings. The van der Waals surface area contributed by atoms with Crippen molar-refractivity contribution < 1.29 is 24.4 Å². The summed E-state index contributed by atoms with van der Waals surface area (Å²) in [6, 6.07) is 11.4. The van der Waals surface area contributed by atoms with Crippen LogP contribution >= 0.6 is 0 Å². The Bertz CT molecular complexity index is 1230. The van der Waals surface area contributed by atoms with Gasteiger partial charge >= 0.3 is 7.12 Å². The minimum Gasteiger partial charge on any atom is -0.507 e. The summed E-state index contributed by atoms with van der Waals surface area (Å²) in [7, 11) is 0.622. The van der Waals surface area contributed by atoms with E-state index in [0.29, 0.717) is 19.2 Å². The molecule has 2 aliphatic heterocycles. The third kappa shape index (κ3) is 3.77. The number of amides is 2. The van der Waals surface area contributed by atoms with Gasteiger partial charge in [0.2, 0.25) is 11.8 Å². The highest BCUT2D eigenvalue weighted by Crippen LogP contribution is 2.50. The number of fused-ring (bicyclic) bond motifs is 4. The molecule has 3 aliphatic rings. The van der Waals surface area contributed by atoms with Gasteiger partial charge in [0.25, 0.3) is 0 Å². The van der Waals surface area contributed by atoms with E-state index in [1.54, 1.807) is 13.1 Å². The van der Waals surface area contributed by atoms with E-state index >= 15 is 0 Å². The topological polar surface area (TPSA) is 87.1 Å². The van der Waals surface area contributed by atoms with Gasteiger partial charge < -0.3 is 14.8 Å². The molecule has 0 unspecified atom stereocenters. The number of benzene rings is 2. The summed E-state index contributed by atoms with van der Waals surface area (Å²) in [6.45, 7) is 4.11. The number of phenolic OH excluding ortho intramolecular Hbond substituents is 1. The molecule has 0 bridgehead atoms. The van der Waals surface area contributed by atoms with Crippen LogP contribution in [0.5, 0.6) is 5.75 Å². The number of carbonyl (C=O) groups excluding carboxylic acids is 2. The summed E-state index contributed by atoms with van der Waals surface area (Å²) in [6.07, 6.45) is 4.24. The Morgan fingerprint density at radius 1 is 1.15 bits per heavy atom. The summed E-state index contributed by atoms with van der Waals surface area (Å²) in [5, 5.41) is 22.5. The first kappa shape index (κ1) is 22.9. The molecule has 0 spiro atoms. The van der Waals surface area contributed by atoms with E-state index in [0.717, 1.165) is 39.5 Å². The first-order valence-electron chi connectivity index (χ1n) is 12.0. The number of phenols is 1. The fourth-order valence-electron chi connectivity index (χ4n) is 6.21. The number of imide groups is 1. The molecule has 2 N–H and O–H groups in total. The molecule has 0 radical (unpaired) electrons. The minimum atomic E-state index is -0.940. The largest absolute Gasteiger partial charge is 0.507 e. The van der Waals surface area contributed by atoms with Gasteiger partial charge in [-0.2, -0.15) is 0 Å². The molecule has 5 rings (SSSR count). The van der Waals surface area contributed by atoms with Crippen LogP contribution in [0, 0.1) is 17.8 Å². The molecule has 0 saturated carbocycles. The third-order valence-electron chi connectivity index (χ3n) is 7.81. The zero-order valence-corrected chi connectivity index (χ0v) is 19.8. The van der Waals surface area contributed by atoms with Crippen molar-refractivity contribution >= 4 is 35.8 Å². The SMILES string of the molecule is CC1=C2[C@@H](CC/C(C)=C/c3ccc(O)c4ccccc34)OB(O)C[C@@H]2[C@@H]2C(=O)N(C)C(=O)[C@@H]2C1. The van der Waals surface area contributed by atoms with E-state index in [4.69, 9.17) is 4.65 Å². The van der Waals surface area contributed by atoms with Gasteiger partial charge in [-0.15, -0.1) is 0 Å². The average molecular weight is 459 g/mol. The van der Waals surface area contributed by atoms with Crippen LogP contribution in [0.4, 0.5) is 0 Å². The summed E-state index contributed by atoms with van der Waals surface area (Å²) in [5.74, 6) is -0.832. The summed E-state index contributed by atoms with van der Waals surface area (Å²) >= 11 is 0. The second kappa shape index (κ2) is 8.71. The summed E-state index contributed by atoms with van der Waals surface area (Å²) < 4.78 is 5.98. The first-order valence-corrected chi connectivity index (χ1v) is 12.0. The van der Waals surface area contributed by atoms with Crippen molar-refractivity contribution in [2.45, 2.75) is 45.5 Å². The van der Waals surface area contributed by atoms with Crippen molar-refractivity contribution in [2.24, 2.45) is 17.8 Å². The zero-order valence-electron chi connectivity index (χ0n) is 19.8. The molecule has 0 aromatic heterocycles. The Hall–Kier alpha value is -2.90. The van der Waals surface area contributed by atoms with Crippen LogP contribution < -0.4 is 0 Å². The fraction of sp³-hybridized carbons (Fsp3) is 0.407. The van der Waals surface area contributed by atoms with E-state index in [1.165, 1.54) is 4.90 Å². The Labute approximate surface area is 200 Å². The van der Waals surface area contributed by atoms with Gasteiger partial charge in [0.1, 0.15) is 5.75 Å². The van der Waals surface area contributed by atoms with Crippen LogP contribution in [0.25, 0.3) is 16.8 Å². The number of likely N-dealkylation sites (tertiary alicyclic amines) is 1. The molecule has 2 aromatic carbocycles. The lowest BCUT2D eigenvalue weighted by molar-refractivity contribution is -0.138. The van der Waals surface area contributed by atoms with Gasteiger partial charge in [-0.25, -0.2) is 0 Å². The Balaban J connectivity index is 1.38. The normalized spacial score (nSPS) is 27.5. The van der Waals surface area contributed by atoms with E-state index in [9.17, 15) is 19.7 Å². The Morgan fingerprint density at radius 2 is 1.88 bits per heavy atom. The van der Waals surface area contributed by atoms with E-state index < -0.39 is 13.0 Å². The molecule has 176 valence electrons. The van der Waals surface area contributed by atoms with Crippen LogP contribution in [-0.4, -0.2) is 47.1 Å². The lowest BCUT2D eigenvalue weighted by atomic mass is 9.59. The van der Waals surface area contributed by atoms with E-state index in [2.05, 4.69) is 13.0 Å². The molecule has 1 aliphatic carbocycles. The van der Waals surface area contributed by atoms with Gasteiger partial charge in [0, 0.05) is 12.4 Å². The number of aromatic hydroxyl groups is 1. The highest BCUT2D eigenvalue weighted by atomic mass is 16.5. The molecule has 7 heteroatoms. The van der Waals surface area contributed by atoms with Gasteiger partial charge in [0.15, 0.2) is 0 Å². The van der Waals surface area contributed by atoms with Gasteiger partial charge in [0.05, 0.1) is 17.9 Å². The van der Waals surface area contributed by atoms with Crippen LogP contribution in [0.15, 0.2) is 53.1 Å². The van der Waals surface area contributed by atoms with Crippen LogP contribution in [0.3, 0.4) is 0 Å². The molecule has 2 heterocycles. The van der Waals surface area contributed by atoms with Crippen molar-refractivity contribution in [3.8, 4) is 5.75 Å². The minimum absolute atomic E-state index is 0.106. The maximum atomic E-state index is 12.9. The van der Waals surface area contributed by atoms with Crippen molar-refractivity contribution in [1.82, 2.24) is 4.90 Å². The molecular formula is C27H30BNO5. The Morgan fingerprint density at radius 3 is 2.65 bits per heavy atom. The number of hydrogen-bond acceptors (Lipinski definition) is 5. The third-order valence-corrected chi connectivity index (χ3v) is 7.81. The van der Waals surface area contributed by atoms with Gasteiger partial charge in [-0.1, -0.05) is 47.6 Å². The van der Waals surface area contributed by atoms with E-state index in [-0.39, 0.29) is 35.5 Å². The van der Waals surface area contributed by atoms with Crippen molar-refractivity contribution in [2.75, 3.05) is 7.05 Å². The number of hydrogen-bond donors (Lipinski definition) is 2. The maximum Gasteiger partial charge on any atom is 0.455 e. The molecule has 6 nitrogen and oxygen atoms in total. The summed E-state index contributed by atoms with van der Waals surface area (Å²) in [4.78, 5) is 26.7. The van der Waals surface area contributed by atoms with Crippen molar-refractivity contribution in [1.29, 1.82) is 0 Å². The standard InChI is InChI=1S/C27H30BNO5/c1-15(12-17-9-10-22(30)19-7-5-4-6-18(17)19)8-11-23-24-16(2)13-20-25(21(24)14-28(33)34-23)27(32)29(3)26(20)31/h4-7,9-10,12,20-21,23,25,30,33H,8,11,13-14H2,1-3H3/b15-12+/t20-,21+,23-,25-/m1/s1. The van der Waals surface area contributed by atoms with Crippen molar-refractivity contribution in [3.05, 3.63) is 58.7 Å². The second-order valence-electron chi connectivity index (χ2n) is 9.98. The molecule has 34 heavy (non-hydrogen) atoms. The predicted octanol–water partition coefficient (Wildman–Crippen LogP) is 4.18. The highest BCUT2D eigenvalue weighted by molar-refractivity contribution is 6.43. The molecule has 2 amide bonds. The molecule has 4 atom stereocenters. The lowest BCUT2D eigenvalue weighted by Crippen LogP contribution is -2.45. The lowest BCUT2D eigenvalue weighted by Gasteiger charge is -2.42. The number of nitrogens with zero attached hydrogens (tertiary/aromatic N) is 1. The number of rotatable bonds is 4. The first-order chi connectivity index (χ1) is 16.3. The van der Waals surface area contributed by atoms with Gasteiger partial charge in [-0.05, 0) is 67.9 Å². The predicted molar refractivity (Wildman–Crippen MR) is 132 cm³/mol. The average Bonchev–Trinajstić information content (AvgIpc) is 3.03. The van der Waals surface area contributed by atoms with Crippen LogP contribution in [-0.2, 0) is 14.2 Å². The second-order valence-corrected chi connectivity index (χ2v) is 9.98. The van der Waals surface area contributed by atoms with E-state index in [1.807, 2.05) is 37.3 Å². The molecule has 2 aromatic rings. The quantitative estimate of drug-likeness (QED) is 0.407. The highest BCUT2D eigenvalue weighted by Gasteiger charge is 2.55. The number of carbonyl (C=O) groups is 2. The zero-order chi connectivity index (χ0) is 24.1. The van der Waals surface area contributed by atoms with Crippen molar-refractivity contribution in [3.63, 3.8) is 0 Å².